The monoisotopic (exact) mass is 461 g/mol. The number of rotatable bonds is 5. The summed E-state index contributed by atoms with van der Waals surface area (Å²) in [6.07, 6.45) is 4.91. The third-order valence-electron chi connectivity index (χ3n) is 7.12. The third-order valence-corrected chi connectivity index (χ3v) is 7.12. The fraction of sp³-hybridized carbons (Fsp3) is 0.652. The van der Waals surface area contributed by atoms with Gasteiger partial charge in [-0.1, -0.05) is 6.92 Å². The van der Waals surface area contributed by atoms with Gasteiger partial charge in [0.15, 0.2) is 11.5 Å². The molecule has 3 aliphatic heterocycles. The summed E-state index contributed by atoms with van der Waals surface area (Å²) in [5, 5.41) is 0. The molecule has 2 aromatic heterocycles. The van der Waals surface area contributed by atoms with Crippen LogP contribution in [0.1, 0.15) is 67.9 Å². The predicted molar refractivity (Wildman–Crippen MR) is 120 cm³/mol. The standard InChI is InChI=1S/C23H30F3N7/c1-16-4-7-27-20-19(16)22(29-15-28-20)32-10-5-17(6-11-32)21-30-18(23(24,25)26)14-33(21)13-12-31-8-2-3-9-31/h7,14-17H,2-6,8-13H2,1H3. The van der Waals surface area contributed by atoms with Gasteiger partial charge in [0, 0.05) is 50.1 Å². The van der Waals surface area contributed by atoms with E-state index < -0.39 is 11.9 Å². The number of nitrogens with zero attached hydrogens (tertiary/aromatic N) is 7. The van der Waals surface area contributed by atoms with Crippen molar-refractivity contribution in [1.29, 1.82) is 0 Å². The number of likely N-dealkylation sites (tertiary alicyclic amines) is 1. The van der Waals surface area contributed by atoms with Gasteiger partial charge in [-0.15, -0.1) is 0 Å². The molecule has 178 valence electrons. The lowest BCUT2D eigenvalue weighted by atomic mass is 9.93. The minimum Gasteiger partial charge on any atom is -0.356 e. The number of hydrogen-bond donors (Lipinski definition) is 0. The van der Waals surface area contributed by atoms with Gasteiger partial charge >= 0.3 is 6.18 Å². The summed E-state index contributed by atoms with van der Waals surface area (Å²) >= 11 is 0. The highest BCUT2D eigenvalue weighted by molar-refractivity contribution is 5.72. The zero-order valence-corrected chi connectivity index (χ0v) is 18.9. The van der Waals surface area contributed by atoms with E-state index in [9.17, 15) is 13.2 Å². The first-order valence-corrected chi connectivity index (χ1v) is 11.9. The van der Waals surface area contributed by atoms with Crippen molar-refractivity contribution in [2.45, 2.75) is 63.6 Å². The maximum atomic E-state index is 13.4. The van der Waals surface area contributed by atoms with Crippen molar-refractivity contribution in [2.24, 2.45) is 4.99 Å². The van der Waals surface area contributed by atoms with Crippen LogP contribution < -0.4 is 4.90 Å². The number of halogens is 3. The summed E-state index contributed by atoms with van der Waals surface area (Å²) in [6, 6.07) is 0. The number of hydrogen-bond acceptors (Lipinski definition) is 6. The number of aromatic nitrogens is 4. The molecule has 1 unspecified atom stereocenters. The first-order valence-electron chi connectivity index (χ1n) is 11.9. The quantitative estimate of drug-likeness (QED) is 0.661. The van der Waals surface area contributed by atoms with Gasteiger partial charge in [-0.25, -0.2) is 19.9 Å². The van der Waals surface area contributed by atoms with Gasteiger partial charge in [0.05, 0.1) is 0 Å². The van der Waals surface area contributed by atoms with E-state index in [0.29, 0.717) is 18.3 Å². The van der Waals surface area contributed by atoms with Crippen molar-refractivity contribution in [3.8, 4) is 0 Å². The summed E-state index contributed by atoms with van der Waals surface area (Å²) in [5.74, 6) is 2.52. The van der Waals surface area contributed by atoms with E-state index in [4.69, 9.17) is 0 Å². The molecule has 10 heteroatoms. The fourth-order valence-electron chi connectivity index (χ4n) is 5.26. The first kappa shape index (κ1) is 22.3. The molecule has 0 radical (unpaired) electrons. The first-order chi connectivity index (χ1) is 15.9. The highest BCUT2D eigenvalue weighted by Crippen LogP contribution is 2.39. The Labute approximate surface area is 191 Å². The smallest absolute Gasteiger partial charge is 0.356 e. The lowest BCUT2D eigenvalue weighted by molar-refractivity contribution is -0.141. The third kappa shape index (κ3) is 4.62. The largest absolute Gasteiger partial charge is 0.434 e. The summed E-state index contributed by atoms with van der Waals surface area (Å²) in [5.41, 5.74) is 0.294. The van der Waals surface area contributed by atoms with Crippen molar-refractivity contribution in [3.63, 3.8) is 0 Å². The van der Waals surface area contributed by atoms with Crippen LogP contribution in [0.5, 0.6) is 0 Å². The number of anilines is 1. The Hall–Kier alpha value is -2.49. The van der Waals surface area contributed by atoms with Crippen LogP contribution in [0, 0.1) is 0 Å². The number of fused-ring (bicyclic) bond motifs is 1. The molecule has 2 saturated heterocycles. The normalized spacial score (nSPS) is 22.2. The van der Waals surface area contributed by atoms with E-state index in [1.54, 1.807) is 10.9 Å². The molecule has 2 fully saturated rings. The van der Waals surface area contributed by atoms with Gasteiger partial charge in [-0.2, -0.15) is 13.2 Å². The molecule has 1 atom stereocenters. The highest BCUT2D eigenvalue weighted by atomic mass is 19.4. The zero-order valence-electron chi connectivity index (χ0n) is 18.9. The van der Waals surface area contributed by atoms with Gasteiger partial charge in [0.25, 0.3) is 0 Å². The Bertz CT molecular complexity index is 1000. The summed E-state index contributed by atoms with van der Waals surface area (Å²) in [7, 11) is 0. The van der Waals surface area contributed by atoms with E-state index in [-0.39, 0.29) is 5.92 Å². The maximum absolute atomic E-state index is 13.4. The highest BCUT2D eigenvalue weighted by Gasteiger charge is 2.37. The second-order valence-electron chi connectivity index (χ2n) is 9.37. The van der Waals surface area contributed by atoms with Crippen LogP contribution in [0.2, 0.25) is 0 Å². The van der Waals surface area contributed by atoms with E-state index in [0.717, 1.165) is 69.2 Å². The fourth-order valence-corrected chi connectivity index (χ4v) is 5.26. The Balaban J connectivity index is 1.32. The van der Waals surface area contributed by atoms with Gasteiger partial charge < -0.3 is 14.4 Å². The predicted octanol–water partition coefficient (Wildman–Crippen LogP) is 4.38. The molecule has 5 rings (SSSR count). The Morgan fingerprint density at radius 1 is 1.03 bits per heavy atom. The number of piperidine rings is 1. The Morgan fingerprint density at radius 2 is 1.79 bits per heavy atom. The van der Waals surface area contributed by atoms with Crippen LogP contribution >= 0.6 is 0 Å². The molecule has 0 aliphatic carbocycles. The second kappa shape index (κ2) is 9.04. The average Bonchev–Trinajstić information content (AvgIpc) is 3.47. The van der Waals surface area contributed by atoms with Gasteiger partial charge in [-0.05, 0) is 51.1 Å². The molecule has 0 amide bonds. The molecule has 5 heterocycles. The lowest BCUT2D eigenvalue weighted by Crippen LogP contribution is -2.35. The molecule has 0 N–H and O–H groups in total. The zero-order chi connectivity index (χ0) is 23.0. The minimum atomic E-state index is -4.43. The average molecular weight is 462 g/mol. The summed E-state index contributed by atoms with van der Waals surface area (Å²) in [6.45, 7) is 6.98. The minimum absolute atomic E-state index is 0.00374. The van der Waals surface area contributed by atoms with E-state index in [2.05, 4.69) is 36.7 Å². The number of alkyl halides is 3. The lowest BCUT2D eigenvalue weighted by Gasteiger charge is -2.35. The van der Waals surface area contributed by atoms with E-state index in [1.165, 1.54) is 19.0 Å². The van der Waals surface area contributed by atoms with Gasteiger partial charge in [0.2, 0.25) is 0 Å². The molecular formula is C23H30F3N7. The van der Waals surface area contributed by atoms with Crippen LogP contribution in [-0.4, -0.2) is 63.4 Å². The Kier molecular flexibility index (Phi) is 6.11. The molecule has 0 saturated carbocycles. The summed E-state index contributed by atoms with van der Waals surface area (Å²) in [4.78, 5) is 21.9. The summed E-state index contributed by atoms with van der Waals surface area (Å²) < 4.78 is 42.1. The molecule has 2 aromatic rings. The SMILES string of the molecule is CC1CC=Nc2ncnc(N3CCC(c4nc(C(F)(F)F)cn4CCN4CCCC4)CC3)c21. The molecule has 0 aromatic carbocycles. The topological polar surface area (TPSA) is 62.4 Å². The van der Waals surface area contributed by atoms with E-state index in [1.807, 2.05) is 6.21 Å². The van der Waals surface area contributed by atoms with Crippen LogP contribution in [-0.2, 0) is 12.7 Å². The molecule has 7 nitrogen and oxygen atoms in total. The molecule has 0 spiro atoms. The van der Waals surface area contributed by atoms with Crippen molar-refractivity contribution < 1.29 is 13.2 Å². The van der Waals surface area contributed by atoms with Crippen molar-refractivity contribution in [1.82, 2.24) is 24.4 Å². The molecular weight excluding hydrogens is 431 g/mol. The molecule has 0 bridgehead atoms. The van der Waals surface area contributed by atoms with E-state index >= 15 is 0 Å². The van der Waals surface area contributed by atoms with Crippen LogP contribution in [0.15, 0.2) is 17.5 Å². The maximum Gasteiger partial charge on any atom is 0.434 e. The number of aliphatic imine (C=N–C) groups is 1. The van der Waals surface area contributed by atoms with Crippen molar-refractivity contribution >= 4 is 17.9 Å². The van der Waals surface area contributed by atoms with Crippen molar-refractivity contribution in [3.05, 3.63) is 29.6 Å². The van der Waals surface area contributed by atoms with Gasteiger partial charge in [0.1, 0.15) is 18.0 Å². The van der Waals surface area contributed by atoms with Gasteiger partial charge in [-0.3, -0.25) is 0 Å². The molecule has 33 heavy (non-hydrogen) atoms. The molecule has 3 aliphatic rings. The van der Waals surface area contributed by atoms with Crippen molar-refractivity contribution in [2.75, 3.05) is 37.6 Å². The Morgan fingerprint density at radius 3 is 2.52 bits per heavy atom. The van der Waals surface area contributed by atoms with Crippen LogP contribution in [0.25, 0.3) is 0 Å². The van der Waals surface area contributed by atoms with Crippen LogP contribution in [0.3, 0.4) is 0 Å². The van der Waals surface area contributed by atoms with Crippen LogP contribution in [0.4, 0.5) is 24.8 Å². The second-order valence-corrected chi connectivity index (χ2v) is 9.37. The number of imidazole rings is 1.